The molecule has 0 bridgehead atoms. The lowest BCUT2D eigenvalue weighted by Crippen LogP contribution is -2.05. The van der Waals surface area contributed by atoms with Crippen LogP contribution in [0.1, 0.15) is 22.3 Å². The maximum absolute atomic E-state index is 13.3. The third-order valence-corrected chi connectivity index (χ3v) is 9.84. The molecule has 0 unspecified atom stereocenters. The molecule has 0 aliphatic carbocycles. The van der Waals surface area contributed by atoms with Crippen LogP contribution < -0.4 is 4.74 Å². The summed E-state index contributed by atoms with van der Waals surface area (Å²) < 4.78 is 88.9. The number of hydrogen-bond donors (Lipinski definition) is 0. The second-order valence-electron chi connectivity index (χ2n) is 11.5. The Hall–Kier alpha value is -5.68. The SMILES string of the molecule is Cc1cc(-c2nn3c(-c4cccc(C(F)(F)F)c4)nnc3s2)ccc1Oc1ccc(-c2nn3c(-c4cccc(C(F)(F)F)c4)nnc3s2)cc1C. The van der Waals surface area contributed by atoms with Crippen molar-refractivity contribution in [3.63, 3.8) is 0 Å². The molecule has 0 amide bonds. The molecule has 51 heavy (non-hydrogen) atoms. The zero-order chi connectivity index (χ0) is 35.7. The van der Waals surface area contributed by atoms with Gasteiger partial charge in [-0.15, -0.1) is 20.4 Å². The van der Waals surface area contributed by atoms with E-state index < -0.39 is 23.5 Å². The van der Waals surface area contributed by atoms with Gasteiger partial charge in [-0.2, -0.15) is 45.6 Å². The highest BCUT2D eigenvalue weighted by molar-refractivity contribution is 7.20. The Morgan fingerprint density at radius 2 is 0.961 bits per heavy atom. The van der Waals surface area contributed by atoms with E-state index in [1.165, 1.54) is 56.0 Å². The van der Waals surface area contributed by atoms with E-state index in [-0.39, 0.29) is 22.8 Å². The Labute approximate surface area is 291 Å². The van der Waals surface area contributed by atoms with E-state index in [2.05, 4.69) is 30.6 Å². The molecule has 9 nitrogen and oxygen atoms in total. The van der Waals surface area contributed by atoms with Gasteiger partial charge in [-0.3, -0.25) is 0 Å². The number of fused-ring (bicyclic) bond motifs is 2. The minimum atomic E-state index is -4.49. The summed E-state index contributed by atoms with van der Waals surface area (Å²) >= 11 is 2.51. The number of halogens is 6. The van der Waals surface area contributed by atoms with Gasteiger partial charge >= 0.3 is 12.4 Å². The van der Waals surface area contributed by atoms with Gasteiger partial charge in [-0.05, 0) is 85.6 Å². The van der Waals surface area contributed by atoms with E-state index in [1.807, 2.05) is 50.2 Å². The number of rotatable bonds is 6. The minimum Gasteiger partial charge on any atom is -0.457 e. The summed E-state index contributed by atoms with van der Waals surface area (Å²) in [6.07, 6.45) is -8.99. The zero-order valence-electron chi connectivity index (χ0n) is 26.2. The van der Waals surface area contributed by atoms with Crippen LogP contribution in [0.4, 0.5) is 26.3 Å². The highest BCUT2D eigenvalue weighted by Gasteiger charge is 2.32. The minimum absolute atomic E-state index is 0.203. The lowest BCUT2D eigenvalue weighted by Gasteiger charge is -2.12. The van der Waals surface area contributed by atoms with E-state index in [4.69, 9.17) is 4.74 Å². The molecule has 4 aromatic carbocycles. The normalized spacial score (nSPS) is 12.3. The summed E-state index contributed by atoms with van der Waals surface area (Å²) in [5.74, 6) is 1.61. The van der Waals surface area contributed by atoms with Crippen LogP contribution in [0, 0.1) is 13.8 Å². The van der Waals surface area contributed by atoms with Gasteiger partial charge in [-0.1, -0.05) is 46.9 Å². The molecular formula is C34H20F6N8OS2. The molecule has 17 heteroatoms. The van der Waals surface area contributed by atoms with E-state index in [0.717, 1.165) is 46.5 Å². The van der Waals surface area contributed by atoms with E-state index in [9.17, 15) is 26.3 Å². The van der Waals surface area contributed by atoms with Gasteiger partial charge in [0.15, 0.2) is 11.6 Å². The van der Waals surface area contributed by atoms with Crippen LogP contribution in [0.3, 0.4) is 0 Å². The van der Waals surface area contributed by atoms with Crippen molar-refractivity contribution in [2.45, 2.75) is 26.2 Å². The van der Waals surface area contributed by atoms with Gasteiger partial charge < -0.3 is 4.74 Å². The number of aryl methyl sites for hydroxylation is 2. The summed E-state index contributed by atoms with van der Waals surface area (Å²) in [4.78, 5) is 0.866. The van der Waals surface area contributed by atoms with E-state index >= 15 is 0 Å². The van der Waals surface area contributed by atoms with Gasteiger partial charge in [-0.25, -0.2) is 0 Å². The molecule has 8 rings (SSSR count). The molecule has 256 valence electrons. The Morgan fingerprint density at radius 1 is 0.529 bits per heavy atom. The molecule has 0 atom stereocenters. The molecule has 0 radical (unpaired) electrons. The fourth-order valence-electron chi connectivity index (χ4n) is 5.41. The van der Waals surface area contributed by atoms with E-state index in [0.29, 0.717) is 31.4 Å². The fourth-order valence-corrected chi connectivity index (χ4v) is 7.08. The first-order valence-electron chi connectivity index (χ1n) is 15.0. The molecular weight excluding hydrogens is 715 g/mol. The van der Waals surface area contributed by atoms with Gasteiger partial charge in [0.25, 0.3) is 0 Å². The van der Waals surface area contributed by atoms with Gasteiger partial charge in [0.1, 0.15) is 21.5 Å². The second-order valence-corrected chi connectivity index (χ2v) is 13.4. The van der Waals surface area contributed by atoms with Crippen LogP contribution in [0.15, 0.2) is 84.9 Å². The van der Waals surface area contributed by atoms with Gasteiger partial charge in [0.05, 0.1) is 11.1 Å². The molecule has 0 saturated carbocycles. The molecule has 0 aliphatic rings. The first kappa shape index (κ1) is 32.5. The number of aromatic nitrogens is 8. The van der Waals surface area contributed by atoms with Crippen LogP contribution >= 0.6 is 22.7 Å². The number of benzene rings is 4. The fraction of sp³-hybridized carbons (Fsp3) is 0.118. The zero-order valence-corrected chi connectivity index (χ0v) is 27.8. The second kappa shape index (κ2) is 12.0. The van der Waals surface area contributed by atoms with Crippen molar-refractivity contribution in [1.82, 2.24) is 39.6 Å². The summed E-state index contributed by atoms with van der Waals surface area (Å²) in [5.41, 5.74) is 2.09. The number of hydrogen-bond acceptors (Lipinski definition) is 9. The standard InChI is InChI=1S/C34H20F6N8OS2/c1-17-13-21(29-45-47-27(41-43-31(47)50-29)19-5-3-7-23(15-19)33(35,36)37)9-11-25(17)49-26-12-10-22(14-18(26)2)30-46-48-28(42-44-32(48)51-30)20-6-4-8-24(16-20)34(38,39)40/h3-16H,1-2H3. The first-order chi connectivity index (χ1) is 24.3. The summed E-state index contributed by atoms with van der Waals surface area (Å²) in [6.45, 7) is 3.77. The molecule has 0 fully saturated rings. The number of alkyl halides is 6. The number of ether oxygens (including phenoxy) is 1. The predicted molar refractivity (Wildman–Crippen MR) is 179 cm³/mol. The largest absolute Gasteiger partial charge is 0.457 e. The Balaban J connectivity index is 1.02. The molecule has 4 heterocycles. The van der Waals surface area contributed by atoms with Crippen molar-refractivity contribution in [3.8, 4) is 55.4 Å². The summed E-state index contributed by atoms with van der Waals surface area (Å²) in [7, 11) is 0. The van der Waals surface area contributed by atoms with Gasteiger partial charge in [0, 0.05) is 22.3 Å². The maximum Gasteiger partial charge on any atom is 0.416 e. The third kappa shape index (κ3) is 6.07. The molecule has 4 aromatic heterocycles. The monoisotopic (exact) mass is 734 g/mol. The van der Waals surface area contributed by atoms with Crippen LogP contribution in [-0.2, 0) is 12.4 Å². The van der Waals surface area contributed by atoms with Crippen LogP contribution in [0.5, 0.6) is 11.5 Å². The highest BCUT2D eigenvalue weighted by atomic mass is 32.1. The lowest BCUT2D eigenvalue weighted by molar-refractivity contribution is -0.138. The first-order valence-corrected chi connectivity index (χ1v) is 16.6. The topological polar surface area (TPSA) is 95.4 Å². The molecule has 0 N–H and O–H groups in total. The van der Waals surface area contributed by atoms with Crippen LogP contribution in [0.25, 0.3) is 53.8 Å². The third-order valence-electron chi connectivity index (χ3n) is 7.94. The van der Waals surface area contributed by atoms with E-state index in [1.54, 1.807) is 0 Å². The molecule has 8 aromatic rings. The molecule has 0 saturated heterocycles. The summed E-state index contributed by atoms with van der Waals surface area (Å²) in [6, 6.07) is 20.8. The van der Waals surface area contributed by atoms with Crippen molar-refractivity contribution in [2.24, 2.45) is 0 Å². The van der Waals surface area contributed by atoms with Crippen molar-refractivity contribution in [2.75, 3.05) is 0 Å². The summed E-state index contributed by atoms with van der Waals surface area (Å²) in [5, 5.41) is 26.8. The van der Waals surface area contributed by atoms with Crippen molar-refractivity contribution in [1.29, 1.82) is 0 Å². The Morgan fingerprint density at radius 3 is 1.35 bits per heavy atom. The smallest absolute Gasteiger partial charge is 0.416 e. The Kier molecular flexibility index (Phi) is 7.64. The van der Waals surface area contributed by atoms with Gasteiger partial charge in [0.2, 0.25) is 9.92 Å². The Bertz CT molecular complexity index is 2420. The average molecular weight is 735 g/mol. The van der Waals surface area contributed by atoms with Crippen LogP contribution in [-0.4, -0.2) is 39.6 Å². The predicted octanol–water partition coefficient (Wildman–Crippen LogP) is 9.80. The lowest BCUT2D eigenvalue weighted by atomic mass is 10.1. The van der Waals surface area contributed by atoms with Crippen molar-refractivity contribution >= 4 is 32.6 Å². The molecule has 0 aliphatic heterocycles. The quantitative estimate of drug-likeness (QED) is 0.157. The average Bonchev–Trinajstić information content (AvgIpc) is 3.87. The highest BCUT2D eigenvalue weighted by Crippen LogP contribution is 2.37. The van der Waals surface area contributed by atoms with Crippen LogP contribution in [0.2, 0.25) is 0 Å². The maximum atomic E-state index is 13.3. The molecule has 0 spiro atoms. The van der Waals surface area contributed by atoms with Crippen molar-refractivity contribution < 1.29 is 31.1 Å². The van der Waals surface area contributed by atoms with Crippen molar-refractivity contribution in [3.05, 3.63) is 107 Å². The number of nitrogens with zero attached hydrogens (tertiary/aromatic N) is 8.